The molecule has 0 bridgehead atoms. The number of para-hydroxylation sites is 1. The highest BCUT2D eigenvalue weighted by atomic mass is 32.1. The molecule has 1 nitrogen and oxygen atoms in total. The summed E-state index contributed by atoms with van der Waals surface area (Å²) in [6, 6.07) is 19.0. The van der Waals surface area contributed by atoms with Gasteiger partial charge in [-0.05, 0) is 17.2 Å². The summed E-state index contributed by atoms with van der Waals surface area (Å²) in [5.74, 6) is 0.347. The second kappa shape index (κ2) is 4.54. The van der Waals surface area contributed by atoms with Gasteiger partial charge in [-0.3, -0.25) is 0 Å². The van der Waals surface area contributed by atoms with Crippen LogP contribution >= 0.6 is 12.2 Å². The van der Waals surface area contributed by atoms with Crippen molar-refractivity contribution in [2.75, 3.05) is 4.90 Å². The van der Waals surface area contributed by atoms with Crippen molar-refractivity contribution in [3.63, 3.8) is 0 Å². The van der Waals surface area contributed by atoms with E-state index in [1.807, 2.05) is 6.07 Å². The Morgan fingerprint density at radius 3 is 2.44 bits per heavy atom. The van der Waals surface area contributed by atoms with Crippen molar-refractivity contribution in [3.05, 3.63) is 65.7 Å². The molecule has 0 aliphatic carbocycles. The fraction of sp³-hybridized carbons (Fsp3) is 0.188. The summed E-state index contributed by atoms with van der Waals surface area (Å²) in [5.41, 5.74) is 3.90. The Bertz CT molecular complexity index is 577. The zero-order chi connectivity index (χ0) is 12.5. The number of anilines is 1. The number of fused-ring (bicyclic) bond motifs is 1. The first-order valence-corrected chi connectivity index (χ1v) is 6.62. The maximum atomic E-state index is 5.59. The molecule has 0 saturated carbocycles. The van der Waals surface area contributed by atoms with Gasteiger partial charge in [-0.25, -0.2) is 0 Å². The molecule has 0 fully saturated rings. The van der Waals surface area contributed by atoms with Gasteiger partial charge < -0.3 is 4.90 Å². The molecule has 3 rings (SSSR count). The molecule has 2 aromatic rings. The monoisotopic (exact) mass is 253 g/mol. The van der Waals surface area contributed by atoms with Crippen molar-refractivity contribution in [1.82, 2.24) is 0 Å². The molecule has 1 aliphatic heterocycles. The van der Waals surface area contributed by atoms with Gasteiger partial charge in [0.1, 0.15) is 0 Å². The predicted molar refractivity (Wildman–Crippen MR) is 80.1 cm³/mol. The van der Waals surface area contributed by atoms with Crippen LogP contribution in [0.5, 0.6) is 0 Å². The van der Waals surface area contributed by atoms with Crippen LogP contribution in [0, 0.1) is 0 Å². The van der Waals surface area contributed by atoms with Crippen LogP contribution in [0.1, 0.15) is 24.0 Å². The molecule has 1 atom stereocenters. The van der Waals surface area contributed by atoms with E-state index >= 15 is 0 Å². The maximum absolute atomic E-state index is 5.59. The standard InChI is InChI=1S/C16H15NS/c1-12-14-9-5-6-10-15(14)17(16(12)18)11-13-7-3-2-4-8-13/h2-10,12H,11H2,1H3. The fourth-order valence-electron chi connectivity index (χ4n) is 2.51. The van der Waals surface area contributed by atoms with Gasteiger partial charge in [0.2, 0.25) is 0 Å². The molecule has 90 valence electrons. The van der Waals surface area contributed by atoms with Gasteiger partial charge in [0.15, 0.2) is 0 Å². The Morgan fingerprint density at radius 1 is 1.00 bits per heavy atom. The van der Waals surface area contributed by atoms with Crippen LogP contribution in [0.3, 0.4) is 0 Å². The minimum Gasteiger partial charge on any atom is -0.331 e. The topological polar surface area (TPSA) is 3.24 Å². The van der Waals surface area contributed by atoms with Gasteiger partial charge >= 0.3 is 0 Å². The van der Waals surface area contributed by atoms with Gasteiger partial charge in [0, 0.05) is 18.2 Å². The summed E-state index contributed by atoms with van der Waals surface area (Å²) >= 11 is 5.59. The van der Waals surface area contributed by atoms with Crippen molar-refractivity contribution in [2.24, 2.45) is 0 Å². The molecule has 0 aromatic heterocycles. The molecule has 1 aliphatic rings. The van der Waals surface area contributed by atoms with Gasteiger partial charge in [-0.2, -0.15) is 0 Å². The summed E-state index contributed by atoms with van der Waals surface area (Å²) in [4.78, 5) is 3.28. The van der Waals surface area contributed by atoms with E-state index in [9.17, 15) is 0 Å². The zero-order valence-corrected chi connectivity index (χ0v) is 11.2. The lowest BCUT2D eigenvalue weighted by molar-refractivity contribution is 1.01. The fourth-order valence-corrected chi connectivity index (χ4v) is 2.80. The summed E-state index contributed by atoms with van der Waals surface area (Å²) in [6.45, 7) is 3.05. The average molecular weight is 253 g/mol. The third-order valence-electron chi connectivity index (χ3n) is 3.51. The van der Waals surface area contributed by atoms with Crippen LogP contribution in [0.4, 0.5) is 5.69 Å². The summed E-state index contributed by atoms with van der Waals surface area (Å²) < 4.78 is 0. The van der Waals surface area contributed by atoms with E-state index in [1.165, 1.54) is 16.8 Å². The molecular formula is C16H15NS. The van der Waals surface area contributed by atoms with E-state index in [4.69, 9.17) is 12.2 Å². The lowest BCUT2D eigenvalue weighted by Crippen LogP contribution is -2.25. The molecule has 0 N–H and O–H groups in total. The van der Waals surface area contributed by atoms with Crippen molar-refractivity contribution in [3.8, 4) is 0 Å². The number of hydrogen-bond acceptors (Lipinski definition) is 1. The lowest BCUT2D eigenvalue weighted by Gasteiger charge is -2.20. The lowest BCUT2D eigenvalue weighted by atomic mass is 10.0. The second-order valence-corrected chi connectivity index (χ2v) is 5.11. The number of rotatable bonds is 2. The first-order chi connectivity index (χ1) is 8.77. The quantitative estimate of drug-likeness (QED) is 0.740. The minimum atomic E-state index is 0.347. The number of nitrogens with zero attached hydrogens (tertiary/aromatic N) is 1. The SMILES string of the molecule is CC1C(=S)N(Cc2ccccc2)c2ccccc21. The van der Waals surface area contributed by atoms with Crippen LogP contribution in [-0.2, 0) is 6.54 Å². The van der Waals surface area contributed by atoms with Gasteiger partial charge in [-0.1, -0.05) is 67.7 Å². The zero-order valence-electron chi connectivity index (χ0n) is 10.3. The van der Waals surface area contributed by atoms with E-state index in [0.29, 0.717) is 5.92 Å². The largest absolute Gasteiger partial charge is 0.331 e. The van der Waals surface area contributed by atoms with Crippen LogP contribution in [-0.4, -0.2) is 4.99 Å². The Kier molecular flexibility index (Phi) is 2.88. The predicted octanol–water partition coefficient (Wildman–Crippen LogP) is 4.14. The maximum Gasteiger partial charge on any atom is 0.0900 e. The van der Waals surface area contributed by atoms with Gasteiger partial charge in [0.25, 0.3) is 0 Å². The van der Waals surface area contributed by atoms with Crippen molar-refractivity contribution < 1.29 is 0 Å². The molecule has 0 spiro atoms. The smallest absolute Gasteiger partial charge is 0.0900 e. The molecule has 1 heterocycles. The van der Waals surface area contributed by atoms with E-state index in [2.05, 4.69) is 60.4 Å². The van der Waals surface area contributed by atoms with Crippen molar-refractivity contribution in [1.29, 1.82) is 0 Å². The Morgan fingerprint density at radius 2 is 1.67 bits per heavy atom. The molecule has 0 amide bonds. The first-order valence-electron chi connectivity index (χ1n) is 6.21. The number of thiocarbonyl (C=S) groups is 1. The number of hydrogen-bond donors (Lipinski definition) is 0. The third kappa shape index (κ3) is 1.83. The van der Waals surface area contributed by atoms with Gasteiger partial charge in [0.05, 0.1) is 4.99 Å². The highest BCUT2D eigenvalue weighted by Gasteiger charge is 2.30. The van der Waals surface area contributed by atoms with Crippen LogP contribution in [0.2, 0.25) is 0 Å². The summed E-state index contributed by atoms with van der Waals surface area (Å²) in [6.07, 6.45) is 0. The summed E-state index contributed by atoms with van der Waals surface area (Å²) in [5, 5.41) is 0. The van der Waals surface area contributed by atoms with Crippen LogP contribution in [0.15, 0.2) is 54.6 Å². The molecule has 0 saturated heterocycles. The Balaban J connectivity index is 1.96. The van der Waals surface area contributed by atoms with E-state index in [-0.39, 0.29) is 0 Å². The highest BCUT2D eigenvalue weighted by molar-refractivity contribution is 7.80. The third-order valence-corrected chi connectivity index (χ3v) is 4.09. The van der Waals surface area contributed by atoms with Crippen LogP contribution < -0.4 is 4.90 Å². The Labute approximate surface area is 113 Å². The molecular weight excluding hydrogens is 238 g/mol. The highest BCUT2D eigenvalue weighted by Crippen LogP contribution is 2.38. The van der Waals surface area contributed by atoms with Crippen molar-refractivity contribution >= 4 is 22.9 Å². The van der Waals surface area contributed by atoms with E-state index < -0.39 is 0 Å². The molecule has 2 aromatic carbocycles. The molecule has 0 radical (unpaired) electrons. The molecule has 18 heavy (non-hydrogen) atoms. The van der Waals surface area contributed by atoms with E-state index in [0.717, 1.165) is 11.5 Å². The molecule has 2 heteroatoms. The van der Waals surface area contributed by atoms with Gasteiger partial charge in [-0.15, -0.1) is 0 Å². The number of benzene rings is 2. The second-order valence-electron chi connectivity index (χ2n) is 4.69. The van der Waals surface area contributed by atoms with Crippen molar-refractivity contribution in [2.45, 2.75) is 19.4 Å². The van der Waals surface area contributed by atoms with E-state index in [1.54, 1.807) is 0 Å². The summed E-state index contributed by atoms with van der Waals surface area (Å²) in [7, 11) is 0. The molecule has 1 unspecified atom stereocenters. The normalized spacial score (nSPS) is 17.9. The Hall–Kier alpha value is -1.67. The van der Waals surface area contributed by atoms with Crippen LogP contribution in [0.25, 0.3) is 0 Å². The average Bonchev–Trinajstić information content (AvgIpc) is 2.66. The minimum absolute atomic E-state index is 0.347. The first kappa shape index (κ1) is 11.4.